The van der Waals surface area contributed by atoms with Crippen molar-refractivity contribution in [2.24, 2.45) is 4.99 Å². The van der Waals surface area contributed by atoms with Gasteiger partial charge in [-0.2, -0.15) is 0 Å². The molecule has 0 spiro atoms. The van der Waals surface area contributed by atoms with E-state index in [1.165, 1.54) is 18.3 Å². The number of methoxy groups -OCH3 is 1. The van der Waals surface area contributed by atoms with Gasteiger partial charge in [-0.1, -0.05) is 0 Å². The maximum absolute atomic E-state index is 11.2. The number of nitro groups is 1. The number of nitro benzene ring substituents is 1. The van der Waals surface area contributed by atoms with Gasteiger partial charge < -0.3 is 19.0 Å². The van der Waals surface area contributed by atoms with Gasteiger partial charge in [0.25, 0.3) is 5.69 Å². The topological polar surface area (TPSA) is 120 Å². The van der Waals surface area contributed by atoms with E-state index < -0.39 is 4.92 Å². The van der Waals surface area contributed by atoms with E-state index in [0.29, 0.717) is 22.7 Å². The van der Waals surface area contributed by atoms with Crippen molar-refractivity contribution in [2.75, 3.05) is 13.7 Å². The molecule has 0 unspecified atom stereocenters. The van der Waals surface area contributed by atoms with Crippen LogP contribution in [0.25, 0.3) is 22.6 Å². The molecule has 1 heterocycles. The molecule has 0 saturated carbocycles. The Labute approximate surface area is 182 Å². The number of oxazole rings is 1. The van der Waals surface area contributed by atoms with Crippen molar-refractivity contribution in [3.8, 4) is 28.7 Å². The van der Waals surface area contributed by atoms with E-state index in [0.717, 1.165) is 11.3 Å². The molecular weight excluding hydrogens is 414 g/mol. The third kappa shape index (κ3) is 4.22. The number of aromatic hydroxyl groups is 1. The lowest BCUT2D eigenvalue weighted by molar-refractivity contribution is -0.385. The first-order chi connectivity index (χ1) is 15.5. The molecule has 0 aliphatic heterocycles. The number of benzene rings is 3. The number of phenolic OH excluding ortho intramolecular Hbond substituents is 1. The van der Waals surface area contributed by atoms with Crippen molar-refractivity contribution in [1.82, 2.24) is 4.98 Å². The number of aliphatic imine (C=N–C) groups is 1. The van der Waals surface area contributed by atoms with Crippen molar-refractivity contribution in [1.29, 1.82) is 0 Å². The van der Waals surface area contributed by atoms with Gasteiger partial charge in [-0.05, 0) is 49.4 Å². The van der Waals surface area contributed by atoms with Crippen LogP contribution in [0.1, 0.15) is 12.5 Å². The zero-order chi connectivity index (χ0) is 22.7. The van der Waals surface area contributed by atoms with Crippen molar-refractivity contribution >= 4 is 28.7 Å². The summed E-state index contributed by atoms with van der Waals surface area (Å²) in [4.78, 5) is 19.5. The van der Waals surface area contributed by atoms with Crippen molar-refractivity contribution in [3.05, 3.63) is 70.3 Å². The number of phenols is 1. The summed E-state index contributed by atoms with van der Waals surface area (Å²) in [5.41, 5.74) is 2.49. The van der Waals surface area contributed by atoms with E-state index >= 15 is 0 Å². The molecular formula is C23H19N3O6. The molecule has 3 aromatic carbocycles. The minimum Gasteiger partial charge on any atom is -0.504 e. The lowest BCUT2D eigenvalue weighted by Gasteiger charge is -2.07. The molecule has 0 amide bonds. The summed E-state index contributed by atoms with van der Waals surface area (Å²) in [5.74, 6) is 1.00. The van der Waals surface area contributed by atoms with Gasteiger partial charge in [0.2, 0.25) is 5.89 Å². The Kier molecular flexibility index (Phi) is 5.71. The standard InChI is InChI=1S/C23H19N3O6/c1-3-31-21-12-17(26(28)29)10-15(22(21)27)13-24-16-6-9-20-19(11-16)25-23(32-20)14-4-7-18(30-2)8-5-14/h4-13,27H,3H2,1-2H3. The van der Waals surface area contributed by atoms with Crippen LogP contribution in [-0.2, 0) is 0 Å². The van der Waals surface area contributed by atoms with Gasteiger partial charge in [-0.25, -0.2) is 4.98 Å². The van der Waals surface area contributed by atoms with E-state index in [9.17, 15) is 15.2 Å². The predicted octanol–water partition coefficient (Wildman–Crippen LogP) is 5.27. The molecule has 4 aromatic rings. The number of aromatic nitrogens is 1. The third-order valence-corrected chi connectivity index (χ3v) is 4.66. The molecule has 0 aliphatic rings. The highest BCUT2D eigenvalue weighted by atomic mass is 16.6. The summed E-state index contributed by atoms with van der Waals surface area (Å²) in [6.45, 7) is 1.98. The van der Waals surface area contributed by atoms with E-state index in [2.05, 4.69) is 9.98 Å². The summed E-state index contributed by atoms with van der Waals surface area (Å²) in [7, 11) is 1.60. The SMILES string of the molecule is CCOc1cc([N+](=O)[O-])cc(C=Nc2ccc3oc(-c4ccc(OC)cc4)nc3c2)c1O. The molecule has 0 radical (unpaired) electrons. The molecule has 0 atom stereocenters. The van der Waals surface area contributed by atoms with Gasteiger partial charge in [0.15, 0.2) is 17.1 Å². The molecule has 32 heavy (non-hydrogen) atoms. The Morgan fingerprint density at radius 3 is 2.66 bits per heavy atom. The number of hydrogen-bond acceptors (Lipinski definition) is 8. The predicted molar refractivity (Wildman–Crippen MR) is 119 cm³/mol. The lowest BCUT2D eigenvalue weighted by Crippen LogP contribution is -1.97. The van der Waals surface area contributed by atoms with Gasteiger partial charge in [-0.15, -0.1) is 0 Å². The normalized spacial score (nSPS) is 11.2. The minimum atomic E-state index is -0.554. The Morgan fingerprint density at radius 2 is 1.97 bits per heavy atom. The van der Waals surface area contributed by atoms with Crippen molar-refractivity contribution < 1.29 is 23.9 Å². The monoisotopic (exact) mass is 433 g/mol. The first-order valence-electron chi connectivity index (χ1n) is 9.71. The Bertz CT molecular complexity index is 1310. The zero-order valence-electron chi connectivity index (χ0n) is 17.3. The van der Waals surface area contributed by atoms with Crippen LogP contribution in [-0.4, -0.2) is 34.9 Å². The number of hydrogen-bond donors (Lipinski definition) is 1. The maximum atomic E-state index is 11.2. The van der Waals surface area contributed by atoms with Crippen LogP contribution in [0, 0.1) is 10.1 Å². The second kappa shape index (κ2) is 8.76. The van der Waals surface area contributed by atoms with Gasteiger partial charge in [0, 0.05) is 23.4 Å². The highest BCUT2D eigenvalue weighted by Gasteiger charge is 2.16. The lowest BCUT2D eigenvalue weighted by atomic mass is 10.1. The number of ether oxygens (including phenoxy) is 2. The fourth-order valence-electron chi connectivity index (χ4n) is 3.08. The highest BCUT2D eigenvalue weighted by molar-refractivity contribution is 5.89. The maximum Gasteiger partial charge on any atom is 0.274 e. The molecule has 162 valence electrons. The molecule has 4 rings (SSSR count). The number of nitrogens with zero attached hydrogens (tertiary/aromatic N) is 3. The molecule has 1 aromatic heterocycles. The van der Waals surface area contributed by atoms with E-state index in [1.807, 2.05) is 24.3 Å². The van der Waals surface area contributed by atoms with Crippen LogP contribution in [0.2, 0.25) is 0 Å². The first-order valence-corrected chi connectivity index (χ1v) is 9.71. The Balaban J connectivity index is 1.65. The van der Waals surface area contributed by atoms with Crippen molar-refractivity contribution in [2.45, 2.75) is 6.92 Å². The summed E-state index contributed by atoms with van der Waals surface area (Å²) in [5, 5.41) is 21.6. The molecule has 1 N–H and O–H groups in total. The molecule has 9 nitrogen and oxygen atoms in total. The fraction of sp³-hybridized carbons (Fsp3) is 0.130. The van der Waals surface area contributed by atoms with Crippen LogP contribution in [0.3, 0.4) is 0 Å². The van der Waals surface area contributed by atoms with Crippen LogP contribution >= 0.6 is 0 Å². The highest BCUT2D eigenvalue weighted by Crippen LogP contribution is 2.34. The summed E-state index contributed by atoms with van der Waals surface area (Å²) in [6, 6.07) is 14.9. The second-order valence-electron chi connectivity index (χ2n) is 6.73. The van der Waals surface area contributed by atoms with Gasteiger partial charge in [0.05, 0.1) is 30.4 Å². The number of rotatable bonds is 7. The largest absolute Gasteiger partial charge is 0.504 e. The van der Waals surface area contributed by atoms with Gasteiger partial charge in [-0.3, -0.25) is 15.1 Å². The molecule has 9 heteroatoms. The zero-order valence-corrected chi connectivity index (χ0v) is 17.3. The average Bonchev–Trinajstić information content (AvgIpc) is 3.23. The third-order valence-electron chi connectivity index (χ3n) is 4.66. The first kappa shape index (κ1) is 20.9. The number of non-ortho nitro benzene ring substituents is 1. The molecule has 0 fully saturated rings. The summed E-state index contributed by atoms with van der Waals surface area (Å²) in [6.07, 6.45) is 1.34. The van der Waals surface area contributed by atoms with Crippen LogP contribution < -0.4 is 9.47 Å². The minimum absolute atomic E-state index is 0.0271. The summed E-state index contributed by atoms with van der Waals surface area (Å²) < 4.78 is 16.3. The molecule has 0 bridgehead atoms. The van der Waals surface area contributed by atoms with Crippen molar-refractivity contribution in [3.63, 3.8) is 0 Å². The Hall–Kier alpha value is -4.40. The van der Waals surface area contributed by atoms with Crippen LogP contribution in [0.4, 0.5) is 11.4 Å². The van der Waals surface area contributed by atoms with Gasteiger partial charge >= 0.3 is 0 Å². The number of fused-ring (bicyclic) bond motifs is 1. The Morgan fingerprint density at radius 1 is 1.19 bits per heavy atom. The second-order valence-corrected chi connectivity index (χ2v) is 6.73. The van der Waals surface area contributed by atoms with E-state index in [-0.39, 0.29) is 29.4 Å². The van der Waals surface area contributed by atoms with Gasteiger partial charge in [0.1, 0.15) is 11.3 Å². The summed E-state index contributed by atoms with van der Waals surface area (Å²) >= 11 is 0. The molecule has 0 aliphatic carbocycles. The quantitative estimate of drug-likeness (QED) is 0.239. The average molecular weight is 433 g/mol. The smallest absolute Gasteiger partial charge is 0.274 e. The fourth-order valence-corrected chi connectivity index (χ4v) is 3.08. The van der Waals surface area contributed by atoms with Crippen LogP contribution in [0.5, 0.6) is 17.2 Å². The van der Waals surface area contributed by atoms with E-state index in [4.69, 9.17) is 13.9 Å². The molecule has 0 saturated heterocycles. The van der Waals surface area contributed by atoms with E-state index in [1.54, 1.807) is 32.2 Å². The van der Waals surface area contributed by atoms with Crippen LogP contribution in [0.15, 0.2) is 64.0 Å².